The number of hydrogen-bond donors (Lipinski definition) is 2. The van der Waals surface area contributed by atoms with Crippen molar-refractivity contribution in [2.24, 2.45) is 5.84 Å². The SMILES string of the molecule is NNC(Cc1ccc(Br)s1)c1ccc2ccccc2n1. The van der Waals surface area contributed by atoms with Crippen molar-refractivity contribution in [2.75, 3.05) is 0 Å². The average molecular weight is 348 g/mol. The standard InChI is InChI=1S/C15H14BrN3S/c16-15-8-6-11(20-15)9-14(19-17)13-7-5-10-3-1-2-4-12(10)18-13/h1-8,14,19H,9,17H2. The van der Waals surface area contributed by atoms with Crippen LogP contribution >= 0.6 is 27.3 Å². The summed E-state index contributed by atoms with van der Waals surface area (Å²) in [6.07, 6.45) is 0.831. The topological polar surface area (TPSA) is 50.9 Å². The summed E-state index contributed by atoms with van der Waals surface area (Å²) in [7, 11) is 0. The Balaban J connectivity index is 1.90. The van der Waals surface area contributed by atoms with Gasteiger partial charge in [0.25, 0.3) is 0 Å². The molecule has 2 heterocycles. The number of fused-ring (bicyclic) bond motifs is 1. The van der Waals surface area contributed by atoms with Crippen LogP contribution in [0.3, 0.4) is 0 Å². The van der Waals surface area contributed by atoms with E-state index in [2.05, 4.69) is 45.6 Å². The van der Waals surface area contributed by atoms with Crippen LogP contribution in [0.4, 0.5) is 0 Å². The lowest BCUT2D eigenvalue weighted by Gasteiger charge is -2.15. The molecular formula is C15H14BrN3S. The van der Waals surface area contributed by atoms with Crippen molar-refractivity contribution in [3.8, 4) is 0 Å². The Morgan fingerprint density at radius 1 is 1.15 bits per heavy atom. The van der Waals surface area contributed by atoms with Crippen LogP contribution in [0.2, 0.25) is 0 Å². The number of hydrogen-bond acceptors (Lipinski definition) is 4. The zero-order valence-corrected chi connectivity index (χ0v) is 13.1. The summed E-state index contributed by atoms with van der Waals surface area (Å²) in [6.45, 7) is 0. The van der Waals surface area contributed by atoms with Gasteiger partial charge >= 0.3 is 0 Å². The van der Waals surface area contributed by atoms with Gasteiger partial charge in [0.15, 0.2) is 0 Å². The molecule has 5 heteroatoms. The van der Waals surface area contributed by atoms with Gasteiger partial charge in [0.2, 0.25) is 0 Å². The fraction of sp³-hybridized carbons (Fsp3) is 0.133. The van der Waals surface area contributed by atoms with Gasteiger partial charge in [0.05, 0.1) is 21.0 Å². The normalized spacial score (nSPS) is 12.7. The third-order valence-electron chi connectivity index (χ3n) is 3.21. The van der Waals surface area contributed by atoms with E-state index in [0.717, 1.165) is 26.8 Å². The van der Waals surface area contributed by atoms with Gasteiger partial charge in [-0.25, -0.2) is 0 Å². The molecule has 0 aliphatic heterocycles. The van der Waals surface area contributed by atoms with Crippen molar-refractivity contribution < 1.29 is 0 Å². The van der Waals surface area contributed by atoms with Crippen molar-refractivity contribution >= 4 is 38.2 Å². The molecule has 0 spiro atoms. The van der Waals surface area contributed by atoms with E-state index in [9.17, 15) is 0 Å². The minimum atomic E-state index is 0.0187. The van der Waals surface area contributed by atoms with Crippen LogP contribution in [0.15, 0.2) is 52.3 Å². The molecule has 0 bridgehead atoms. The molecule has 20 heavy (non-hydrogen) atoms. The second kappa shape index (κ2) is 6.01. The minimum absolute atomic E-state index is 0.0187. The summed E-state index contributed by atoms with van der Waals surface area (Å²) in [4.78, 5) is 5.97. The first-order valence-corrected chi connectivity index (χ1v) is 7.93. The number of rotatable bonds is 4. The molecule has 102 valence electrons. The van der Waals surface area contributed by atoms with Gasteiger partial charge in [-0.3, -0.25) is 16.3 Å². The maximum atomic E-state index is 5.71. The Kier molecular flexibility index (Phi) is 4.12. The van der Waals surface area contributed by atoms with Crippen LogP contribution < -0.4 is 11.3 Å². The van der Waals surface area contributed by atoms with Crippen LogP contribution in [0.25, 0.3) is 10.9 Å². The first-order valence-electron chi connectivity index (χ1n) is 6.32. The van der Waals surface area contributed by atoms with Gasteiger partial charge in [-0.15, -0.1) is 11.3 Å². The van der Waals surface area contributed by atoms with Gasteiger partial charge in [0, 0.05) is 16.7 Å². The number of benzene rings is 1. The molecule has 0 aliphatic rings. The lowest BCUT2D eigenvalue weighted by molar-refractivity contribution is 0.543. The zero-order chi connectivity index (χ0) is 13.9. The summed E-state index contributed by atoms with van der Waals surface area (Å²) in [5.74, 6) is 5.71. The number of nitrogens with two attached hydrogens (primary N) is 1. The van der Waals surface area contributed by atoms with E-state index in [4.69, 9.17) is 10.8 Å². The molecule has 0 amide bonds. The number of thiophene rings is 1. The number of halogens is 1. The predicted molar refractivity (Wildman–Crippen MR) is 87.5 cm³/mol. The largest absolute Gasteiger partial charge is 0.271 e. The highest BCUT2D eigenvalue weighted by molar-refractivity contribution is 9.11. The molecule has 3 nitrogen and oxygen atoms in total. The zero-order valence-electron chi connectivity index (χ0n) is 10.7. The van der Waals surface area contributed by atoms with Gasteiger partial charge in [-0.05, 0) is 40.2 Å². The van der Waals surface area contributed by atoms with Crippen LogP contribution in [0, 0.1) is 0 Å². The Hall–Kier alpha value is -1.27. The molecule has 0 aliphatic carbocycles. The van der Waals surface area contributed by atoms with Crippen LogP contribution in [0.5, 0.6) is 0 Å². The Labute approximate surface area is 129 Å². The fourth-order valence-corrected chi connectivity index (χ4v) is 3.72. The van der Waals surface area contributed by atoms with E-state index in [1.54, 1.807) is 11.3 Å². The summed E-state index contributed by atoms with van der Waals surface area (Å²) in [5.41, 5.74) is 4.84. The monoisotopic (exact) mass is 347 g/mol. The second-order valence-electron chi connectivity index (χ2n) is 4.56. The Bertz CT molecular complexity index is 726. The number of pyridine rings is 1. The van der Waals surface area contributed by atoms with Crippen molar-refractivity contribution in [2.45, 2.75) is 12.5 Å². The van der Waals surface area contributed by atoms with E-state index in [1.807, 2.05) is 24.3 Å². The van der Waals surface area contributed by atoms with Crippen molar-refractivity contribution in [3.05, 3.63) is 62.9 Å². The summed E-state index contributed by atoms with van der Waals surface area (Å²) < 4.78 is 1.13. The van der Waals surface area contributed by atoms with Gasteiger partial charge in [-0.1, -0.05) is 24.3 Å². The Morgan fingerprint density at radius 3 is 2.75 bits per heavy atom. The quantitative estimate of drug-likeness (QED) is 0.557. The maximum Gasteiger partial charge on any atom is 0.0706 e. The van der Waals surface area contributed by atoms with Crippen molar-refractivity contribution in [1.29, 1.82) is 0 Å². The third kappa shape index (κ3) is 2.91. The highest BCUT2D eigenvalue weighted by Crippen LogP contribution is 2.26. The second-order valence-corrected chi connectivity index (χ2v) is 7.11. The number of nitrogens with one attached hydrogen (secondary N) is 1. The highest BCUT2D eigenvalue weighted by Gasteiger charge is 2.13. The molecule has 3 N–H and O–H groups in total. The number of nitrogens with zero attached hydrogens (tertiary/aromatic N) is 1. The molecule has 1 atom stereocenters. The average Bonchev–Trinajstić information content (AvgIpc) is 2.89. The molecular weight excluding hydrogens is 334 g/mol. The lowest BCUT2D eigenvalue weighted by atomic mass is 10.1. The van der Waals surface area contributed by atoms with E-state index in [0.29, 0.717) is 0 Å². The molecule has 1 unspecified atom stereocenters. The Morgan fingerprint density at radius 2 is 2.00 bits per heavy atom. The summed E-state index contributed by atoms with van der Waals surface area (Å²) in [6, 6.07) is 16.4. The molecule has 0 saturated carbocycles. The summed E-state index contributed by atoms with van der Waals surface area (Å²) >= 11 is 5.21. The van der Waals surface area contributed by atoms with Gasteiger partial charge < -0.3 is 0 Å². The maximum absolute atomic E-state index is 5.71. The number of aromatic nitrogens is 1. The lowest BCUT2D eigenvalue weighted by Crippen LogP contribution is -2.30. The van der Waals surface area contributed by atoms with Gasteiger partial charge in [0.1, 0.15) is 0 Å². The van der Waals surface area contributed by atoms with Crippen molar-refractivity contribution in [1.82, 2.24) is 10.4 Å². The highest BCUT2D eigenvalue weighted by atomic mass is 79.9. The van der Waals surface area contributed by atoms with Crippen LogP contribution in [0.1, 0.15) is 16.6 Å². The fourth-order valence-electron chi connectivity index (χ4n) is 2.19. The molecule has 0 saturated heterocycles. The number of hydrazine groups is 1. The molecule has 3 aromatic rings. The van der Waals surface area contributed by atoms with Crippen molar-refractivity contribution in [3.63, 3.8) is 0 Å². The number of para-hydroxylation sites is 1. The van der Waals surface area contributed by atoms with Gasteiger partial charge in [-0.2, -0.15) is 0 Å². The molecule has 3 rings (SSSR count). The summed E-state index contributed by atoms with van der Waals surface area (Å²) in [5, 5.41) is 1.14. The first-order chi connectivity index (χ1) is 9.76. The van der Waals surface area contributed by atoms with Crippen LogP contribution in [-0.4, -0.2) is 4.98 Å². The van der Waals surface area contributed by atoms with E-state index < -0.39 is 0 Å². The molecule has 2 aromatic heterocycles. The first kappa shape index (κ1) is 13.7. The van der Waals surface area contributed by atoms with E-state index in [1.165, 1.54) is 4.88 Å². The molecule has 1 aromatic carbocycles. The predicted octanol–water partition coefficient (Wildman–Crippen LogP) is 3.81. The molecule has 0 radical (unpaired) electrons. The van der Waals surface area contributed by atoms with Crippen LogP contribution in [-0.2, 0) is 6.42 Å². The third-order valence-corrected chi connectivity index (χ3v) is 4.86. The van der Waals surface area contributed by atoms with E-state index >= 15 is 0 Å². The van der Waals surface area contributed by atoms with E-state index in [-0.39, 0.29) is 6.04 Å². The smallest absolute Gasteiger partial charge is 0.0706 e. The minimum Gasteiger partial charge on any atom is -0.271 e. The molecule has 0 fully saturated rings.